The van der Waals surface area contributed by atoms with Crippen molar-refractivity contribution in [3.63, 3.8) is 0 Å². The first-order valence-corrected chi connectivity index (χ1v) is 9.00. The van der Waals surface area contributed by atoms with Crippen molar-refractivity contribution in [2.24, 2.45) is 0 Å². The van der Waals surface area contributed by atoms with Crippen molar-refractivity contribution >= 4 is 29.1 Å². The molecule has 0 radical (unpaired) electrons. The number of ether oxygens (including phenoxy) is 1. The number of carbonyl (C=O) groups excluding carboxylic acids is 1. The van der Waals surface area contributed by atoms with E-state index in [0.29, 0.717) is 13.2 Å². The van der Waals surface area contributed by atoms with E-state index in [1.807, 2.05) is 35.9 Å². The molecule has 0 bridgehead atoms. The zero-order chi connectivity index (χ0) is 17.3. The largest absolute Gasteiger partial charge is 0.512 e. The molecule has 2 aliphatic rings. The molecule has 4 rings (SSSR count). The van der Waals surface area contributed by atoms with Crippen molar-refractivity contribution in [1.29, 1.82) is 0 Å². The predicted octanol–water partition coefficient (Wildman–Crippen LogP) is 2.09. The van der Waals surface area contributed by atoms with Gasteiger partial charge in [-0.15, -0.1) is 11.3 Å². The number of thiazole rings is 1. The molecule has 2 N–H and O–H groups in total. The number of benzene rings is 1. The van der Waals surface area contributed by atoms with Gasteiger partial charge in [0.15, 0.2) is 12.8 Å². The summed E-state index contributed by atoms with van der Waals surface area (Å²) in [4.78, 5) is 16.5. The second-order valence-electron chi connectivity index (χ2n) is 6.08. The number of hydrogen-bond acceptors (Lipinski definition) is 5. The van der Waals surface area contributed by atoms with Crippen LogP contribution in [0, 0.1) is 0 Å². The van der Waals surface area contributed by atoms with Crippen LogP contribution >= 0.6 is 11.3 Å². The van der Waals surface area contributed by atoms with E-state index in [1.165, 1.54) is 17.4 Å². The number of aliphatic hydroxyl groups is 1. The molecular weight excluding hydrogens is 338 g/mol. The topological polar surface area (TPSA) is 74.5 Å². The summed E-state index contributed by atoms with van der Waals surface area (Å²) in [5.41, 5.74) is 3.58. The molecule has 6 nitrogen and oxygen atoms in total. The maximum atomic E-state index is 12.1. The predicted molar refractivity (Wildman–Crippen MR) is 94.5 cm³/mol. The van der Waals surface area contributed by atoms with Crippen molar-refractivity contribution in [3.8, 4) is 0 Å². The molecule has 1 atom stereocenters. The van der Waals surface area contributed by atoms with E-state index in [1.54, 1.807) is 5.51 Å². The SMILES string of the molecule is O=C1C=C(O)CC(c2ccc([N+]3=CCOCC3)cc2)(c2cscn2)N1. The molecule has 2 aliphatic heterocycles. The molecule has 0 aliphatic carbocycles. The van der Waals surface area contributed by atoms with Crippen LogP contribution in [0.3, 0.4) is 0 Å². The number of hydrogen-bond donors (Lipinski definition) is 2. The van der Waals surface area contributed by atoms with Gasteiger partial charge in [-0.3, -0.25) is 4.79 Å². The smallest absolute Gasteiger partial charge is 0.248 e. The van der Waals surface area contributed by atoms with Crippen LogP contribution in [0.15, 0.2) is 47.0 Å². The highest BCUT2D eigenvalue weighted by molar-refractivity contribution is 7.07. The molecule has 0 fully saturated rings. The van der Waals surface area contributed by atoms with Crippen LogP contribution in [-0.4, -0.2) is 46.5 Å². The van der Waals surface area contributed by atoms with Crippen molar-refractivity contribution in [2.75, 3.05) is 19.8 Å². The molecule has 0 saturated heterocycles. The maximum absolute atomic E-state index is 12.1. The number of amides is 1. The Morgan fingerprint density at radius 1 is 1.32 bits per heavy atom. The van der Waals surface area contributed by atoms with Crippen molar-refractivity contribution in [2.45, 2.75) is 12.0 Å². The average molecular weight is 356 g/mol. The normalized spacial score (nSPS) is 23.6. The lowest BCUT2D eigenvalue weighted by Crippen LogP contribution is -2.49. The van der Waals surface area contributed by atoms with Crippen LogP contribution in [0.2, 0.25) is 0 Å². The Bertz CT molecular complexity index is 843. The van der Waals surface area contributed by atoms with E-state index >= 15 is 0 Å². The molecule has 0 spiro atoms. The van der Waals surface area contributed by atoms with Crippen LogP contribution in [0.4, 0.5) is 5.69 Å². The van der Waals surface area contributed by atoms with Crippen LogP contribution in [0.25, 0.3) is 0 Å². The third-order valence-corrected chi connectivity index (χ3v) is 5.12. The quantitative estimate of drug-likeness (QED) is 0.826. The van der Waals surface area contributed by atoms with Gasteiger partial charge in [0, 0.05) is 30.0 Å². The summed E-state index contributed by atoms with van der Waals surface area (Å²) in [6.45, 7) is 2.13. The minimum Gasteiger partial charge on any atom is -0.512 e. The average Bonchev–Trinajstić information content (AvgIpc) is 3.17. The minimum atomic E-state index is -0.844. The zero-order valence-corrected chi connectivity index (χ0v) is 14.3. The van der Waals surface area contributed by atoms with Crippen molar-refractivity contribution in [3.05, 3.63) is 58.2 Å². The Kier molecular flexibility index (Phi) is 4.10. The van der Waals surface area contributed by atoms with E-state index in [9.17, 15) is 9.90 Å². The molecule has 0 saturated carbocycles. The number of nitrogens with one attached hydrogen (secondary N) is 1. The fourth-order valence-corrected chi connectivity index (χ4v) is 3.94. The van der Waals surface area contributed by atoms with E-state index in [0.717, 1.165) is 23.5 Å². The molecule has 25 heavy (non-hydrogen) atoms. The lowest BCUT2D eigenvalue weighted by molar-refractivity contribution is -0.450. The number of aliphatic hydroxyl groups excluding tert-OH is 1. The molecular formula is C18H18N3O3S+. The maximum Gasteiger partial charge on any atom is 0.248 e. The number of nitrogens with zero attached hydrogens (tertiary/aromatic N) is 2. The second kappa shape index (κ2) is 6.42. The first-order chi connectivity index (χ1) is 12.2. The fraction of sp³-hybridized carbons (Fsp3) is 0.278. The summed E-state index contributed by atoms with van der Waals surface area (Å²) in [7, 11) is 0. The summed E-state index contributed by atoms with van der Waals surface area (Å²) in [6.07, 6.45) is 3.53. The van der Waals surface area contributed by atoms with Gasteiger partial charge in [-0.1, -0.05) is 0 Å². The Morgan fingerprint density at radius 3 is 2.80 bits per heavy atom. The fourth-order valence-electron chi connectivity index (χ4n) is 3.32. The van der Waals surface area contributed by atoms with Gasteiger partial charge < -0.3 is 15.2 Å². The summed E-state index contributed by atoms with van der Waals surface area (Å²) < 4.78 is 7.50. The van der Waals surface area contributed by atoms with Gasteiger partial charge >= 0.3 is 0 Å². The summed E-state index contributed by atoms with van der Waals surface area (Å²) in [5.74, 6) is -0.260. The molecule has 1 aromatic heterocycles. The van der Waals surface area contributed by atoms with E-state index in [2.05, 4.69) is 14.9 Å². The monoisotopic (exact) mass is 356 g/mol. The lowest BCUT2D eigenvalue weighted by Gasteiger charge is -2.36. The van der Waals surface area contributed by atoms with Crippen LogP contribution in [-0.2, 0) is 15.1 Å². The number of carbonyl (C=O) groups is 1. The van der Waals surface area contributed by atoms with Crippen LogP contribution in [0.1, 0.15) is 17.7 Å². The Balaban J connectivity index is 1.75. The number of rotatable bonds is 3. The van der Waals surface area contributed by atoms with Gasteiger partial charge in [-0.05, 0) is 17.7 Å². The van der Waals surface area contributed by atoms with Gasteiger partial charge in [0.1, 0.15) is 24.5 Å². The highest BCUT2D eigenvalue weighted by Crippen LogP contribution is 2.37. The standard InChI is InChI=1S/C18H17N3O3S/c22-15-9-17(23)20-18(10-15,16-11-25-12-19-16)13-1-3-14(4-2-13)21-5-7-24-8-6-21/h1-5,9,11-12H,6-8,10H2,(H-,20,22,23)/p+1. The molecule has 128 valence electrons. The summed E-state index contributed by atoms with van der Waals surface area (Å²) in [6, 6.07) is 8.01. The Morgan fingerprint density at radius 2 is 2.16 bits per heavy atom. The van der Waals surface area contributed by atoms with Crippen molar-refractivity contribution in [1.82, 2.24) is 10.3 Å². The summed E-state index contributed by atoms with van der Waals surface area (Å²) >= 11 is 1.46. The van der Waals surface area contributed by atoms with Crippen LogP contribution < -0.4 is 5.32 Å². The van der Waals surface area contributed by atoms with Crippen LogP contribution in [0.5, 0.6) is 0 Å². The summed E-state index contributed by atoms with van der Waals surface area (Å²) in [5, 5.41) is 15.0. The van der Waals surface area contributed by atoms with Gasteiger partial charge in [0.2, 0.25) is 11.6 Å². The van der Waals surface area contributed by atoms with Gasteiger partial charge in [-0.2, -0.15) is 4.58 Å². The molecule has 1 amide bonds. The van der Waals surface area contributed by atoms with E-state index < -0.39 is 5.54 Å². The molecule has 3 heterocycles. The van der Waals surface area contributed by atoms with Gasteiger partial charge in [-0.25, -0.2) is 4.98 Å². The first kappa shape index (κ1) is 16.0. The first-order valence-electron chi connectivity index (χ1n) is 8.06. The minimum absolute atomic E-state index is 0.0577. The van der Waals surface area contributed by atoms with Gasteiger partial charge in [0.25, 0.3) is 0 Å². The molecule has 2 aromatic rings. The number of aromatic nitrogens is 1. The molecule has 1 aromatic carbocycles. The van der Waals surface area contributed by atoms with E-state index in [4.69, 9.17) is 4.74 Å². The van der Waals surface area contributed by atoms with E-state index in [-0.39, 0.29) is 18.1 Å². The Labute approximate surface area is 149 Å². The third-order valence-electron chi connectivity index (χ3n) is 4.53. The second-order valence-corrected chi connectivity index (χ2v) is 6.80. The third kappa shape index (κ3) is 2.96. The highest BCUT2D eigenvalue weighted by Gasteiger charge is 2.41. The lowest BCUT2D eigenvalue weighted by atomic mass is 9.81. The van der Waals surface area contributed by atoms with Crippen molar-refractivity contribution < 1.29 is 19.2 Å². The highest BCUT2D eigenvalue weighted by atomic mass is 32.1. The molecule has 7 heteroatoms. The van der Waals surface area contributed by atoms with Gasteiger partial charge in [0.05, 0.1) is 11.2 Å². The zero-order valence-electron chi connectivity index (χ0n) is 13.5. The Hall–Kier alpha value is -2.51. The molecule has 1 unspecified atom stereocenters.